The van der Waals surface area contributed by atoms with Gasteiger partial charge < -0.3 is 16.0 Å². The van der Waals surface area contributed by atoms with Crippen LogP contribution in [0.15, 0.2) is 0 Å². The van der Waals surface area contributed by atoms with Gasteiger partial charge in [0.15, 0.2) is 0 Å². The van der Waals surface area contributed by atoms with Crippen molar-refractivity contribution in [2.24, 2.45) is 11.7 Å². The number of amides is 1. The predicted molar refractivity (Wildman–Crippen MR) is 70.7 cm³/mol. The van der Waals surface area contributed by atoms with E-state index in [2.05, 4.69) is 24.2 Å². The van der Waals surface area contributed by atoms with E-state index in [1.54, 1.807) is 0 Å². The van der Waals surface area contributed by atoms with Gasteiger partial charge in [-0.2, -0.15) is 0 Å². The van der Waals surface area contributed by atoms with E-state index in [4.69, 9.17) is 5.73 Å². The summed E-state index contributed by atoms with van der Waals surface area (Å²) < 4.78 is 0. The maximum atomic E-state index is 11.9. The first-order valence-corrected chi connectivity index (χ1v) is 6.71. The fourth-order valence-electron chi connectivity index (χ4n) is 2.51. The molecule has 2 atom stereocenters. The molecule has 1 heterocycles. The standard InChI is InChI=1S/C13H27N3O/c1-4-7-13(2,14)12(17)15-9-11-6-5-8-16(3)10-11/h11H,4-10,14H2,1-3H3,(H,15,17). The van der Waals surface area contributed by atoms with E-state index in [9.17, 15) is 4.79 Å². The summed E-state index contributed by atoms with van der Waals surface area (Å²) in [5.41, 5.74) is 5.28. The highest BCUT2D eigenvalue weighted by Gasteiger charge is 2.27. The van der Waals surface area contributed by atoms with E-state index in [1.807, 2.05) is 6.92 Å². The second kappa shape index (κ2) is 6.36. The molecule has 3 N–H and O–H groups in total. The summed E-state index contributed by atoms with van der Waals surface area (Å²) in [7, 11) is 2.14. The van der Waals surface area contributed by atoms with Gasteiger partial charge in [0.25, 0.3) is 0 Å². The smallest absolute Gasteiger partial charge is 0.239 e. The molecule has 1 fully saturated rings. The van der Waals surface area contributed by atoms with E-state index in [-0.39, 0.29) is 5.91 Å². The highest BCUT2D eigenvalue weighted by Crippen LogP contribution is 2.15. The number of rotatable bonds is 5. The predicted octanol–water partition coefficient (Wildman–Crippen LogP) is 0.962. The van der Waals surface area contributed by atoms with Crippen molar-refractivity contribution in [3.63, 3.8) is 0 Å². The molecule has 0 saturated carbocycles. The van der Waals surface area contributed by atoms with Crippen LogP contribution in [-0.4, -0.2) is 43.0 Å². The number of nitrogens with two attached hydrogens (primary N) is 1. The van der Waals surface area contributed by atoms with Crippen LogP contribution in [0.25, 0.3) is 0 Å². The Hall–Kier alpha value is -0.610. The van der Waals surface area contributed by atoms with Crippen LogP contribution in [0, 0.1) is 5.92 Å². The van der Waals surface area contributed by atoms with Gasteiger partial charge in [-0.05, 0) is 45.7 Å². The van der Waals surface area contributed by atoms with Crippen molar-refractivity contribution in [3.8, 4) is 0 Å². The Labute approximate surface area is 105 Å². The monoisotopic (exact) mass is 241 g/mol. The van der Waals surface area contributed by atoms with Crippen LogP contribution in [0.2, 0.25) is 0 Å². The zero-order valence-corrected chi connectivity index (χ0v) is 11.5. The highest BCUT2D eigenvalue weighted by atomic mass is 16.2. The Morgan fingerprint density at radius 2 is 2.29 bits per heavy atom. The quantitative estimate of drug-likeness (QED) is 0.754. The normalized spacial score (nSPS) is 25.3. The Balaban J connectivity index is 2.32. The van der Waals surface area contributed by atoms with Gasteiger partial charge in [0, 0.05) is 13.1 Å². The fourth-order valence-corrected chi connectivity index (χ4v) is 2.51. The van der Waals surface area contributed by atoms with Gasteiger partial charge in [-0.1, -0.05) is 13.3 Å². The average Bonchev–Trinajstić information content (AvgIpc) is 2.26. The molecule has 17 heavy (non-hydrogen) atoms. The lowest BCUT2D eigenvalue weighted by Gasteiger charge is -2.31. The van der Waals surface area contributed by atoms with E-state index in [0.717, 1.165) is 25.9 Å². The number of hydrogen-bond acceptors (Lipinski definition) is 3. The van der Waals surface area contributed by atoms with Crippen molar-refractivity contribution in [2.75, 3.05) is 26.7 Å². The number of piperidine rings is 1. The van der Waals surface area contributed by atoms with Gasteiger partial charge in [-0.15, -0.1) is 0 Å². The Kier molecular flexibility index (Phi) is 5.40. The number of nitrogens with one attached hydrogen (secondary N) is 1. The van der Waals surface area contributed by atoms with Gasteiger partial charge in [0.2, 0.25) is 5.91 Å². The van der Waals surface area contributed by atoms with E-state index in [1.165, 1.54) is 19.4 Å². The third kappa shape index (κ3) is 4.64. The number of likely N-dealkylation sites (tertiary alicyclic amines) is 1. The lowest BCUT2D eigenvalue weighted by Crippen LogP contribution is -2.53. The van der Waals surface area contributed by atoms with Crippen LogP contribution in [-0.2, 0) is 4.79 Å². The Morgan fingerprint density at radius 3 is 2.88 bits per heavy atom. The molecule has 0 aromatic carbocycles. The maximum Gasteiger partial charge on any atom is 0.239 e. The third-order valence-electron chi connectivity index (χ3n) is 3.56. The van der Waals surface area contributed by atoms with E-state index < -0.39 is 5.54 Å². The van der Waals surface area contributed by atoms with E-state index >= 15 is 0 Å². The molecule has 1 aliphatic heterocycles. The lowest BCUT2D eigenvalue weighted by molar-refractivity contribution is -0.126. The molecule has 4 nitrogen and oxygen atoms in total. The zero-order valence-electron chi connectivity index (χ0n) is 11.5. The minimum Gasteiger partial charge on any atom is -0.354 e. The SMILES string of the molecule is CCCC(C)(N)C(=O)NCC1CCCN(C)C1. The molecule has 1 aliphatic rings. The van der Waals surface area contributed by atoms with Gasteiger partial charge in [-0.3, -0.25) is 4.79 Å². The first-order chi connectivity index (χ1) is 7.95. The molecule has 0 aromatic rings. The molecule has 0 aromatic heterocycles. The van der Waals surface area contributed by atoms with Crippen molar-refractivity contribution < 1.29 is 4.79 Å². The number of carbonyl (C=O) groups is 1. The van der Waals surface area contributed by atoms with Gasteiger partial charge in [0.05, 0.1) is 5.54 Å². The van der Waals surface area contributed by atoms with Gasteiger partial charge in [-0.25, -0.2) is 0 Å². The highest BCUT2D eigenvalue weighted by molar-refractivity contribution is 5.85. The van der Waals surface area contributed by atoms with Crippen molar-refractivity contribution in [1.82, 2.24) is 10.2 Å². The third-order valence-corrected chi connectivity index (χ3v) is 3.56. The molecule has 1 amide bonds. The van der Waals surface area contributed by atoms with Gasteiger partial charge >= 0.3 is 0 Å². The largest absolute Gasteiger partial charge is 0.354 e. The molecule has 100 valence electrons. The minimum atomic E-state index is -0.713. The van der Waals surface area contributed by atoms with Crippen LogP contribution in [0.3, 0.4) is 0 Å². The van der Waals surface area contributed by atoms with Crippen molar-refractivity contribution in [1.29, 1.82) is 0 Å². The topological polar surface area (TPSA) is 58.4 Å². The molecule has 0 spiro atoms. The van der Waals surface area contributed by atoms with Crippen LogP contribution >= 0.6 is 0 Å². The molecule has 0 bridgehead atoms. The average molecular weight is 241 g/mol. The molecule has 0 radical (unpaired) electrons. The summed E-state index contributed by atoms with van der Waals surface area (Å²) in [6.07, 6.45) is 4.11. The van der Waals surface area contributed by atoms with Crippen LogP contribution in [0.1, 0.15) is 39.5 Å². The molecule has 4 heteroatoms. The summed E-state index contributed by atoms with van der Waals surface area (Å²) in [6.45, 7) is 6.89. The first kappa shape index (κ1) is 14.5. The van der Waals surface area contributed by atoms with Gasteiger partial charge in [0.1, 0.15) is 0 Å². The maximum absolute atomic E-state index is 11.9. The minimum absolute atomic E-state index is 0.00687. The number of nitrogens with zero attached hydrogens (tertiary/aromatic N) is 1. The second-order valence-corrected chi connectivity index (χ2v) is 5.65. The van der Waals surface area contributed by atoms with Crippen molar-refractivity contribution in [2.45, 2.75) is 45.1 Å². The summed E-state index contributed by atoms with van der Waals surface area (Å²) in [5.74, 6) is 0.572. The summed E-state index contributed by atoms with van der Waals surface area (Å²) in [4.78, 5) is 14.3. The summed E-state index contributed by atoms with van der Waals surface area (Å²) >= 11 is 0. The van der Waals surface area contributed by atoms with E-state index in [0.29, 0.717) is 5.92 Å². The molecule has 1 rings (SSSR count). The Morgan fingerprint density at radius 1 is 1.59 bits per heavy atom. The van der Waals surface area contributed by atoms with Crippen molar-refractivity contribution in [3.05, 3.63) is 0 Å². The summed E-state index contributed by atoms with van der Waals surface area (Å²) in [6, 6.07) is 0. The molecule has 2 unspecified atom stereocenters. The molecule has 1 saturated heterocycles. The first-order valence-electron chi connectivity index (χ1n) is 6.71. The zero-order chi connectivity index (χ0) is 12.9. The van der Waals surface area contributed by atoms with Crippen molar-refractivity contribution >= 4 is 5.91 Å². The van der Waals surface area contributed by atoms with Crippen LogP contribution < -0.4 is 11.1 Å². The lowest BCUT2D eigenvalue weighted by atomic mass is 9.95. The second-order valence-electron chi connectivity index (χ2n) is 5.65. The number of hydrogen-bond donors (Lipinski definition) is 2. The Bertz CT molecular complexity index is 253. The fraction of sp³-hybridized carbons (Fsp3) is 0.923. The van der Waals surface area contributed by atoms with Crippen LogP contribution in [0.4, 0.5) is 0 Å². The molecular weight excluding hydrogens is 214 g/mol. The molecule has 0 aliphatic carbocycles. The van der Waals surface area contributed by atoms with Crippen LogP contribution in [0.5, 0.6) is 0 Å². The number of carbonyl (C=O) groups excluding carboxylic acids is 1. The molecular formula is C13H27N3O. The summed E-state index contributed by atoms with van der Waals surface area (Å²) in [5, 5.41) is 3.01.